The Labute approximate surface area is 201 Å². The first-order valence-electron chi connectivity index (χ1n) is 11.8. The third-order valence-electron chi connectivity index (χ3n) is 6.65. The minimum atomic E-state index is -3.68. The summed E-state index contributed by atoms with van der Waals surface area (Å²) in [5.41, 5.74) is 2.86. The molecule has 34 heavy (non-hydrogen) atoms. The first-order chi connectivity index (χ1) is 16.4. The second kappa shape index (κ2) is 10.5. The molecule has 1 aliphatic carbocycles. The van der Waals surface area contributed by atoms with Gasteiger partial charge >= 0.3 is 0 Å². The van der Waals surface area contributed by atoms with Crippen molar-refractivity contribution in [2.75, 3.05) is 13.1 Å². The topological polar surface area (TPSA) is 95.6 Å². The van der Waals surface area contributed by atoms with Crippen molar-refractivity contribution in [2.24, 2.45) is 0 Å². The van der Waals surface area contributed by atoms with Crippen molar-refractivity contribution < 1.29 is 18.0 Å². The lowest BCUT2D eigenvalue weighted by atomic mass is 9.87. The van der Waals surface area contributed by atoms with E-state index in [2.05, 4.69) is 29.3 Å². The number of nitrogens with zero attached hydrogens (tertiary/aromatic N) is 1. The van der Waals surface area contributed by atoms with Gasteiger partial charge in [0.2, 0.25) is 15.9 Å². The predicted molar refractivity (Wildman–Crippen MR) is 131 cm³/mol. The minimum Gasteiger partial charge on any atom is -0.350 e. The summed E-state index contributed by atoms with van der Waals surface area (Å²) < 4.78 is 27.8. The van der Waals surface area contributed by atoms with Crippen LogP contribution in [0, 0.1) is 0 Å². The van der Waals surface area contributed by atoms with Crippen molar-refractivity contribution in [3.8, 4) is 0 Å². The molecule has 4 rings (SSSR count). The molecule has 0 bridgehead atoms. The van der Waals surface area contributed by atoms with Crippen LogP contribution in [0.25, 0.3) is 0 Å². The number of aryl methyl sites for hydroxylation is 1. The number of hydrogen-bond donors (Lipinski definition) is 2. The Morgan fingerprint density at radius 3 is 2.47 bits per heavy atom. The molecule has 0 spiro atoms. The van der Waals surface area contributed by atoms with Gasteiger partial charge in [-0.3, -0.25) is 9.59 Å². The summed E-state index contributed by atoms with van der Waals surface area (Å²) in [6, 6.07) is 14.2. The van der Waals surface area contributed by atoms with E-state index in [9.17, 15) is 18.0 Å². The second-order valence-corrected chi connectivity index (χ2v) is 10.8. The smallest absolute Gasteiger partial charge is 0.251 e. The number of sulfonamides is 1. The molecule has 8 heteroatoms. The van der Waals surface area contributed by atoms with Crippen molar-refractivity contribution in [1.29, 1.82) is 0 Å². The standard InChI is InChI=1S/C26H31N3O4S/c1-2-25(30)27-21-9-6-17-29(18-16-21)34(32,33)22-14-12-20(13-15-22)26(31)28-24-11-5-8-19-7-3-4-10-23(19)24/h2-4,7,10,12-15,21,24H,1,5-6,8-9,11,16-18H2,(H,27,30)(H,28,31). The van der Waals surface area contributed by atoms with Crippen LogP contribution in [-0.4, -0.2) is 43.7 Å². The number of hydrogen-bond acceptors (Lipinski definition) is 4. The Balaban J connectivity index is 1.41. The third kappa shape index (κ3) is 5.39. The van der Waals surface area contributed by atoms with Gasteiger partial charge in [0.1, 0.15) is 0 Å². The number of carbonyl (C=O) groups is 2. The maximum Gasteiger partial charge on any atom is 0.251 e. The Bertz CT molecular complexity index is 1160. The Kier molecular flexibility index (Phi) is 7.48. The van der Waals surface area contributed by atoms with E-state index in [4.69, 9.17) is 0 Å². The maximum absolute atomic E-state index is 13.2. The molecule has 7 nitrogen and oxygen atoms in total. The first kappa shape index (κ1) is 24.2. The summed E-state index contributed by atoms with van der Waals surface area (Å²) in [6.45, 7) is 4.18. The fourth-order valence-electron chi connectivity index (χ4n) is 4.79. The summed E-state index contributed by atoms with van der Waals surface area (Å²) in [5.74, 6) is -0.451. The minimum absolute atomic E-state index is 0.0347. The molecule has 0 aromatic heterocycles. The van der Waals surface area contributed by atoms with Crippen molar-refractivity contribution >= 4 is 21.8 Å². The lowest BCUT2D eigenvalue weighted by Crippen LogP contribution is -2.36. The second-order valence-electron chi connectivity index (χ2n) is 8.89. The van der Waals surface area contributed by atoms with E-state index in [1.807, 2.05) is 12.1 Å². The zero-order valence-corrected chi connectivity index (χ0v) is 20.0. The molecule has 0 saturated carbocycles. The fraction of sp³-hybridized carbons (Fsp3) is 0.385. The lowest BCUT2D eigenvalue weighted by molar-refractivity contribution is -0.117. The normalized spacial score (nSPS) is 21.1. The molecule has 1 aliphatic heterocycles. The Hall–Kier alpha value is -2.97. The van der Waals surface area contributed by atoms with Crippen molar-refractivity contribution in [2.45, 2.75) is 55.5 Å². The highest BCUT2D eigenvalue weighted by atomic mass is 32.2. The van der Waals surface area contributed by atoms with Crippen molar-refractivity contribution in [1.82, 2.24) is 14.9 Å². The molecule has 2 atom stereocenters. The van der Waals surface area contributed by atoms with E-state index in [0.29, 0.717) is 31.5 Å². The van der Waals surface area contributed by atoms with Gasteiger partial charge < -0.3 is 10.6 Å². The lowest BCUT2D eigenvalue weighted by Gasteiger charge is -2.26. The first-order valence-corrected chi connectivity index (χ1v) is 13.2. The molecule has 2 aromatic rings. The Morgan fingerprint density at radius 1 is 0.941 bits per heavy atom. The van der Waals surface area contributed by atoms with Gasteiger partial charge in [-0.05, 0) is 80.0 Å². The largest absolute Gasteiger partial charge is 0.350 e. The molecule has 2 aliphatic rings. The van der Waals surface area contributed by atoms with Gasteiger partial charge in [-0.1, -0.05) is 30.8 Å². The van der Waals surface area contributed by atoms with E-state index >= 15 is 0 Å². The SMILES string of the molecule is C=CC(=O)NC1CCCN(S(=O)(=O)c2ccc(C(=O)NC3CCCc4ccccc43)cc2)CC1. The van der Waals surface area contributed by atoms with E-state index in [-0.39, 0.29) is 28.8 Å². The van der Waals surface area contributed by atoms with Crippen molar-refractivity contribution in [3.05, 3.63) is 77.9 Å². The number of nitrogens with one attached hydrogen (secondary N) is 2. The number of fused-ring (bicyclic) bond motifs is 1. The Morgan fingerprint density at radius 2 is 1.71 bits per heavy atom. The van der Waals surface area contributed by atoms with Gasteiger partial charge in [0.05, 0.1) is 10.9 Å². The molecule has 0 radical (unpaired) electrons. The molecule has 2 N–H and O–H groups in total. The van der Waals surface area contributed by atoms with Crippen LogP contribution in [0.2, 0.25) is 0 Å². The van der Waals surface area contributed by atoms with Crippen molar-refractivity contribution in [3.63, 3.8) is 0 Å². The van der Waals surface area contributed by atoms with Crippen LogP contribution in [0.3, 0.4) is 0 Å². The van der Waals surface area contributed by atoms with Gasteiger partial charge in [-0.25, -0.2) is 8.42 Å². The van der Waals surface area contributed by atoms with Gasteiger partial charge in [0.15, 0.2) is 0 Å². The molecule has 180 valence electrons. The van der Waals surface area contributed by atoms with Crippen LogP contribution in [0.5, 0.6) is 0 Å². The zero-order valence-electron chi connectivity index (χ0n) is 19.2. The third-order valence-corrected chi connectivity index (χ3v) is 8.56. The number of amides is 2. The highest BCUT2D eigenvalue weighted by molar-refractivity contribution is 7.89. The average molecular weight is 482 g/mol. The van der Waals surface area contributed by atoms with Crippen LogP contribution >= 0.6 is 0 Å². The van der Waals surface area contributed by atoms with Gasteiger partial charge in [0, 0.05) is 24.7 Å². The van der Waals surface area contributed by atoms with Crippen LogP contribution < -0.4 is 10.6 Å². The van der Waals surface area contributed by atoms with E-state index in [0.717, 1.165) is 31.2 Å². The van der Waals surface area contributed by atoms with E-state index in [1.54, 1.807) is 12.1 Å². The van der Waals surface area contributed by atoms with Crippen LogP contribution in [-0.2, 0) is 21.2 Å². The molecule has 2 amide bonds. The summed E-state index contributed by atoms with van der Waals surface area (Å²) >= 11 is 0. The fourth-order valence-corrected chi connectivity index (χ4v) is 6.28. The summed E-state index contributed by atoms with van der Waals surface area (Å²) in [4.78, 5) is 24.6. The van der Waals surface area contributed by atoms with Crippen LogP contribution in [0.15, 0.2) is 66.1 Å². The summed E-state index contributed by atoms with van der Waals surface area (Å²) in [5, 5.41) is 5.96. The predicted octanol–water partition coefficient (Wildman–Crippen LogP) is 3.34. The maximum atomic E-state index is 13.2. The highest BCUT2D eigenvalue weighted by Crippen LogP contribution is 2.30. The number of benzene rings is 2. The highest BCUT2D eigenvalue weighted by Gasteiger charge is 2.28. The molecule has 2 unspecified atom stereocenters. The average Bonchev–Trinajstić information content (AvgIpc) is 3.10. The van der Waals surface area contributed by atoms with Crippen LogP contribution in [0.1, 0.15) is 59.6 Å². The van der Waals surface area contributed by atoms with Gasteiger partial charge in [-0.2, -0.15) is 4.31 Å². The zero-order chi connectivity index (χ0) is 24.1. The molecular formula is C26H31N3O4S. The van der Waals surface area contributed by atoms with E-state index in [1.165, 1.54) is 28.1 Å². The van der Waals surface area contributed by atoms with E-state index < -0.39 is 10.0 Å². The molecular weight excluding hydrogens is 450 g/mol. The molecule has 1 saturated heterocycles. The monoisotopic (exact) mass is 481 g/mol. The quantitative estimate of drug-likeness (QED) is 0.619. The summed E-state index contributed by atoms with van der Waals surface area (Å²) in [7, 11) is -3.68. The molecule has 1 fully saturated rings. The van der Waals surface area contributed by atoms with Gasteiger partial charge in [-0.15, -0.1) is 0 Å². The summed E-state index contributed by atoms with van der Waals surface area (Å²) in [6.07, 6.45) is 6.07. The van der Waals surface area contributed by atoms with Gasteiger partial charge in [0.25, 0.3) is 5.91 Å². The number of carbonyl (C=O) groups excluding carboxylic acids is 2. The van der Waals surface area contributed by atoms with Crippen LogP contribution in [0.4, 0.5) is 0 Å². The molecule has 1 heterocycles. The number of rotatable bonds is 6. The molecule has 2 aromatic carbocycles.